The number of carbonyl (C=O) groups is 2. The minimum atomic E-state index is -4.08. The van der Waals surface area contributed by atoms with Crippen LogP contribution in [0.25, 0.3) is 12.2 Å². The largest absolute Gasteiger partial charge is 0.496 e. The molecule has 0 saturated heterocycles. The summed E-state index contributed by atoms with van der Waals surface area (Å²) in [4.78, 5) is 31.6. The number of nitriles is 2. The monoisotopic (exact) mass is 1100 g/mol. The average molecular weight is 1100 g/mol. The molecular weight excluding hydrogens is 1010 g/mol. The van der Waals surface area contributed by atoms with Gasteiger partial charge in [-0.3, -0.25) is 0 Å². The van der Waals surface area contributed by atoms with Crippen LogP contribution in [0, 0.1) is 46.3 Å². The maximum atomic E-state index is 13.8. The average Bonchev–Trinajstić information content (AvgIpc) is 3.48. The predicted octanol–water partition coefficient (Wildman–Crippen LogP) is 16.0. The number of nitrogens with zero attached hydrogens (tertiary/aromatic N) is 4. The number of benzene rings is 4. The topological polar surface area (TPSA) is 159 Å². The van der Waals surface area contributed by atoms with Gasteiger partial charge in [0.1, 0.15) is 46.3 Å². The van der Waals surface area contributed by atoms with Crippen molar-refractivity contribution in [1.82, 2.24) is 0 Å². The van der Waals surface area contributed by atoms with Crippen molar-refractivity contribution in [2.24, 2.45) is 23.7 Å². The number of hydrogen-bond donors (Lipinski definition) is 0. The van der Waals surface area contributed by atoms with Crippen molar-refractivity contribution in [3.05, 3.63) is 107 Å². The fourth-order valence-corrected chi connectivity index (χ4v) is 11.2. The van der Waals surface area contributed by atoms with Gasteiger partial charge in [-0.15, -0.1) is 0 Å². The van der Waals surface area contributed by atoms with Crippen molar-refractivity contribution in [3.63, 3.8) is 0 Å². The molecule has 0 amide bonds. The molecule has 4 rings (SSSR count). The van der Waals surface area contributed by atoms with E-state index < -0.39 is 21.8 Å². The summed E-state index contributed by atoms with van der Waals surface area (Å²) in [5.74, 6) is 1.51. The Labute approximate surface area is 474 Å². The van der Waals surface area contributed by atoms with Gasteiger partial charge in [-0.1, -0.05) is 132 Å². The van der Waals surface area contributed by atoms with Crippen LogP contribution in [-0.4, -0.2) is 60.8 Å². The van der Waals surface area contributed by atoms with E-state index in [2.05, 4.69) is 65.2 Å². The van der Waals surface area contributed by atoms with Crippen molar-refractivity contribution in [3.8, 4) is 35.1 Å². The highest BCUT2D eigenvalue weighted by Gasteiger charge is 2.24. The van der Waals surface area contributed by atoms with Crippen LogP contribution in [0.3, 0.4) is 0 Å². The molecule has 4 unspecified atom stereocenters. The van der Waals surface area contributed by atoms with E-state index in [-0.39, 0.29) is 32.4 Å². The van der Waals surface area contributed by atoms with Gasteiger partial charge in [-0.2, -0.15) is 10.5 Å². The van der Waals surface area contributed by atoms with Gasteiger partial charge < -0.3 is 28.7 Å². The molecule has 0 aliphatic carbocycles. The second-order valence-electron chi connectivity index (χ2n) is 20.9. The second kappa shape index (κ2) is 34.4. The Balaban J connectivity index is 1.48. The molecule has 79 heavy (non-hydrogen) atoms. The van der Waals surface area contributed by atoms with E-state index in [9.17, 15) is 28.5 Å². The van der Waals surface area contributed by atoms with E-state index in [0.29, 0.717) is 46.3 Å². The standard InChI is InChI=1S/C66H90N4O8S/c1-11-19-23-49(15-5)45-69(46-50(16-6)24-20-12-2)57-29-27-53(63(41-57)75-9)39-55(43-67)65(71)77-59-31-35-61(36-32-59)79(73,74)62-37-33-60(34-38-62)78-66(72)56(44-68)40-54-28-30-58(42-64(54)76-10)70(47-51(17-7)25-21-13-3)48-52(18-8)26-22-14-4/h27-42,49-52H,11-26,45-48H2,1-10H3. The highest BCUT2D eigenvalue weighted by Crippen LogP contribution is 2.34. The van der Waals surface area contributed by atoms with Crippen molar-refractivity contribution >= 4 is 45.3 Å². The normalized spacial score (nSPS) is 13.3. The molecule has 4 atom stereocenters. The Morgan fingerprint density at radius 2 is 0.797 bits per heavy atom. The smallest absolute Gasteiger partial charge is 0.354 e. The van der Waals surface area contributed by atoms with Crippen molar-refractivity contribution < 1.29 is 37.0 Å². The van der Waals surface area contributed by atoms with E-state index in [1.807, 2.05) is 48.5 Å². The first-order valence-corrected chi connectivity index (χ1v) is 30.7. The van der Waals surface area contributed by atoms with Crippen LogP contribution in [-0.2, 0) is 19.4 Å². The lowest BCUT2D eigenvalue weighted by Gasteiger charge is -2.33. The van der Waals surface area contributed by atoms with Gasteiger partial charge in [0.2, 0.25) is 9.84 Å². The van der Waals surface area contributed by atoms with Gasteiger partial charge in [0.15, 0.2) is 0 Å². The lowest BCUT2D eigenvalue weighted by Crippen LogP contribution is -2.34. The van der Waals surface area contributed by atoms with Crippen LogP contribution in [0.1, 0.15) is 169 Å². The first-order valence-electron chi connectivity index (χ1n) is 29.2. The summed E-state index contributed by atoms with van der Waals surface area (Å²) >= 11 is 0. The summed E-state index contributed by atoms with van der Waals surface area (Å²) in [5.41, 5.74) is 2.62. The number of sulfone groups is 1. The molecule has 0 saturated carbocycles. The summed E-state index contributed by atoms with van der Waals surface area (Å²) in [6.45, 7) is 21.7. The van der Waals surface area contributed by atoms with Gasteiger partial charge in [-0.05, 0) is 134 Å². The summed E-state index contributed by atoms with van der Waals surface area (Å²) in [7, 11) is -0.945. The van der Waals surface area contributed by atoms with Crippen LogP contribution in [0.15, 0.2) is 106 Å². The highest BCUT2D eigenvalue weighted by molar-refractivity contribution is 7.91. The molecule has 12 nitrogen and oxygen atoms in total. The van der Waals surface area contributed by atoms with E-state index in [1.165, 1.54) is 112 Å². The first-order chi connectivity index (χ1) is 38.2. The van der Waals surface area contributed by atoms with Gasteiger partial charge in [-0.25, -0.2) is 18.0 Å². The molecule has 428 valence electrons. The maximum Gasteiger partial charge on any atom is 0.354 e. The number of anilines is 2. The molecule has 13 heteroatoms. The maximum absolute atomic E-state index is 13.8. The molecule has 0 spiro atoms. The number of methoxy groups -OCH3 is 2. The van der Waals surface area contributed by atoms with E-state index >= 15 is 0 Å². The fourth-order valence-electron chi connectivity index (χ4n) is 9.94. The molecule has 0 fully saturated rings. The van der Waals surface area contributed by atoms with Crippen molar-refractivity contribution in [2.75, 3.05) is 50.2 Å². The van der Waals surface area contributed by atoms with E-state index in [0.717, 1.165) is 88.9 Å². The van der Waals surface area contributed by atoms with Crippen LogP contribution >= 0.6 is 0 Å². The quantitative estimate of drug-likeness (QED) is 0.0184. The summed E-state index contributed by atoms with van der Waals surface area (Å²) in [5, 5.41) is 20.2. The lowest BCUT2D eigenvalue weighted by atomic mass is 9.95. The Morgan fingerprint density at radius 3 is 1.05 bits per heavy atom. The molecule has 0 bridgehead atoms. The zero-order valence-corrected chi connectivity index (χ0v) is 50.0. The summed E-state index contributed by atoms with van der Waals surface area (Å²) in [6, 6.07) is 26.2. The zero-order valence-electron chi connectivity index (χ0n) is 49.2. The third-order valence-corrected chi connectivity index (χ3v) is 17.0. The lowest BCUT2D eigenvalue weighted by molar-refractivity contribution is -0.130. The van der Waals surface area contributed by atoms with Crippen LogP contribution in [0.5, 0.6) is 23.0 Å². The number of ether oxygens (including phenoxy) is 4. The molecule has 0 heterocycles. The number of unbranched alkanes of at least 4 members (excludes halogenated alkanes) is 4. The van der Waals surface area contributed by atoms with Gasteiger partial charge >= 0.3 is 11.9 Å². The Kier molecular flexibility index (Phi) is 28.3. The number of esters is 2. The Bertz CT molecular complexity index is 2560. The molecule has 0 N–H and O–H groups in total. The molecule has 4 aromatic rings. The predicted molar refractivity (Wildman–Crippen MR) is 320 cm³/mol. The Morgan fingerprint density at radius 1 is 0.494 bits per heavy atom. The minimum Gasteiger partial charge on any atom is -0.496 e. The summed E-state index contributed by atoms with van der Waals surface area (Å²) in [6.07, 6.45) is 21.3. The van der Waals surface area contributed by atoms with Gasteiger partial charge in [0.25, 0.3) is 0 Å². The number of hydrogen-bond acceptors (Lipinski definition) is 12. The minimum absolute atomic E-state index is 0.0372. The third kappa shape index (κ3) is 19.9. The summed E-state index contributed by atoms with van der Waals surface area (Å²) < 4.78 is 50.3. The van der Waals surface area contributed by atoms with Crippen molar-refractivity contribution in [2.45, 2.75) is 168 Å². The highest BCUT2D eigenvalue weighted by atomic mass is 32.2. The van der Waals surface area contributed by atoms with E-state index in [4.69, 9.17) is 18.9 Å². The van der Waals surface area contributed by atoms with Gasteiger partial charge in [0, 0.05) is 60.8 Å². The fraction of sp³-hybridized carbons (Fsp3) is 0.515. The molecule has 0 aromatic heterocycles. The van der Waals surface area contributed by atoms with Gasteiger partial charge in [0.05, 0.1) is 24.0 Å². The van der Waals surface area contributed by atoms with E-state index in [1.54, 1.807) is 14.2 Å². The Hall–Kier alpha value is -6.57. The van der Waals surface area contributed by atoms with Crippen LogP contribution < -0.4 is 28.7 Å². The zero-order chi connectivity index (χ0) is 57.7. The number of rotatable bonds is 36. The van der Waals surface area contributed by atoms with Crippen LogP contribution in [0.4, 0.5) is 11.4 Å². The van der Waals surface area contributed by atoms with Crippen LogP contribution in [0.2, 0.25) is 0 Å². The molecule has 0 aliphatic heterocycles. The third-order valence-electron chi connectivity index (χ3n) is 15.2. The van der Waals surface area contributed by atoms with Crippen molar-refractivity contribution in [1.29, 1.82) is 10.5 Å². The molecule has 0 aliphatic rings. The molecule has 4 aromatic carbocycles. The number of carbonyl (C=O) groups excluding carboxylic acids is 2. The molecule has 0 radical (unpaired) electrons. The SMILES string of the molecule is CCCCC(CC)CN(CC(CC)CCCC)c1ccc(C=C(C#N)C(=O)Oc2ccc(S(=O)(=O)c3ccc(OC(=O)C(C#N)=Cc4ccc(N(CC(CC)CCCC)CC(CC)CCCC)cc4OC)cc3)cc2)c(OC)c1. The molecular formula is C66H90N4O8S. The first kappa shape index (κ1) is 65.0. The second-order valence-corrected chi connectivity index (χ2v) is 22.8.